The van der Waals surface area contributed by atoms with E-state index in [2.05, 4.69) is 9.71 Å². The van der Waals surface area contributed by atoms with Crippen LogP contribution in [-0.2, 0) is 16.6 Å². The number of nitrogens with one attached hydrogen (secondary N) is 1. The standard InChI is InChI=1S/C11H11Cl2N3O2S2/c1-6-5-19-11(15-6)16-20(17,18)9-3-8(12)2-7(4-14)10(9)13/h2-3,5H,4,14H2,1H3,(H,15,16). The molecule has 0 bridgehead atoms. The maximum Gasteiger partial charge on any atom is 0.265 e. The number of nitrogens with two attached hydrogens (primary N) is 1. The van der Waals surface area contributed by atoms with Crippen molar-refractivity contribution >= 4 is 49.7 Å². The topological polar surface area (TPSA) is 85.1 Å². The van der Waals surface area contributed by atoms with Crippen LogP contribution < -0.4 is 10.5 Å². The van der Waals surface area contributed by atoms with Gasteiger partial charge in [0.1, 0.15) is 4.90 Å². The average molecular weight is 352 g/mol. The van der Waals surface area contributed by atoms with Crippen LogP contribution in [0, 0.1) is 6.92 Å². The zero-order valence-corrected chi connectivity index (χ0v) is 13.5. The first-order chi connectivity index (χ1) is 9.33. The van der Waals surface area contributed by atoms with Crippen LogP contribution in [0.3, 0.4) is 0 Å². The highest BCUT2D eigenvalue weighted by Crippen LogP contribution is 2.31. The fraction of sp³-hybridized carbons (Fsp3) is 0.182. The van der Waals surface area contributed by atoms with Gasteiger partial charge in [0.15, 0.2) is 5.13 Å². The SMILES string of the molecule is Cc1csc(NS(=O)(=O)c2cc(Cl)cc(CN)c2Cl)n1. The Labute approximate surface area is 130 Å². The monoisotopic (exact) mass is 351 g/mol. The zero-order chi connectivity index (χ0) is 14.9. The Hall–Kier alpha value is -0.860. The van der Waals surface area contributed by atoms with Gasteiger partial charge in [-0.3, -0.25) is 4.72 Å². The first-order valence-electron chi connectivity index (χ1n) is 5.46. The molecule has 0 atom stereocenters. The number of rotatable bonds is 4. The van der Waals surface area contributed by atoms with Crippen molar-refractivity contribution in [3.63, 3.8) is 0 Å². The molecule has 3 N–H and O–H groups in total. The van der Waals surface area contributed by atoms with Crippen LogP contribution in [0.5, 0.6) is 0 Å². The van der Waals surface area contributed by atoms with Crippen LogP contribution in [0.25, 0.3) is 0 Å². The van der Waals surface area contributed by atoms with Gasteiger partial charge in [-0.1, -0.05) is 23.2 Å². The number of hydrogen-bond acceptors (Lipinski definition) is 5. The number of halogens is 2. The minimum absolute atomic E-state index is 0.0673. The molecular weight excluding hydrogens is 341 g/mol. The van der Waals surface area contributed by atoms with E-state index in [-0.39, 0.29) is 26.6 Å². The molecule has 0 spiro atoms. The molecule has 0 aliphatic rings. The van der Waals surface area contributed by atoms with Crippen molar-refractivity contribution in [2.24, 2.45) is 5.73 Å². The number of nitrogens with zero attached hydrogens (tertiary/aromatic N) is 1. The molecule has 1 heterocycles. The summed E-state index contributed by atoms with van der Waals surface area (Å²) in [7, 11) is -3.86. The van der Waals surface area contributed by atoms with E-state index < -0.39 is 10.0 Å². The summed E-state index contributed by atoms with van der Waals surface area (Å²) < 4.78 is 27.0. The Morgan fingerprint density at radius 1 is 1.40 bits per heavy atom. The van der Waals surface area contributed by atoms with Gasteiger partial charge in [-0.15, -0.1) is 11.3 Å². The van der Waals surface area contributed by atoms with E-state index in [0.717, 1.165) is 5.69 Å². The van der Waals surface area contributed by atoms with E-state index in [1.807, 2.05) is 0 Å². The zero-order valence-electron chi connectivity index (χ0n) is 10.4. The maximum absolute atomic E-state index is 12.3. The van der Waals surface area contributed by atoms with Gasteiger partial charge in [0.2, 0.25) is 0 Å². The summed E-state index contributed by atoms with van der Waals surface area (Å²) in [5, 5.41) is 2.33. The Kier molecular flexibility index (Phi) is 4.55. The number of aryl methyl sites for hydroxylation is 1. The first-order valence-corrected chi connectivity index (χ1v) is 8.58. The van der Waals surface area contributed by atoms with Gasteiger partial charge in [-0.05, 0) is 24.6 Å². The fourth-order valence-electron chi connectivity index (χ4n) is 1.53. The second kappa shape index (κ2) is 5.87. The molecule has 0 aliphatic carbocycles. The number of aromatic nitrogens is 1. The lowest BCUT2D eigenvalue weighted by molar-refractivity contribution is 0.601. The van der Waals surface area contributed by atoms with E-state index >= 15 is 0 Å². The molecule has 1 aromatic carbocycles. The lowest BCUT2D eigenvalue weighted by Gasteiger charge is -2.10. The van der Waals surface area contributed by atoms with Crippen molar-refractivity contribution in [1.29, 1.82) is 0 Å². The number of sulfonamides is 1. The molecule has 0 unspecified atom stereocenters. The highest BCUT2D eigenvalue weighted by Gasteiger charge is 2.22. The largest absolute Gasteiger partial charge is 0.326 e. The third-order valence-electron chi connectivity index (χ3n) is 2.43. The number of anilines is 1. The van der Waals surface area contributed by atoms with E-state index in [1.165, 1.54) is 23.5 Å². The van der Waals surface area contributed by atoms with Crippen molar-refractivity contribution in [2.75, 3.05) is 4.72 Å². The molecule has 0 amide bonds. The van der Waals surface area contributed by atoms with Gasteiger partial charge >= 0.3 is 0 Å². The van der Waals surface area contributed by atoms with Crippen molar-refractivity contribution in [3.8, 4) is 0 Å². The fourth-order valence-corrected chi connectivity index (χ4v) is 4.42. The van der Waals surface area contributed by atoms with Gasteiger partial charge in [-0.25, -0.2) is 13.4 Å². The Morgan fingerprint density at radius 3 is 2.65 bits per heavy atom. The van der Waals surface area contributed by atoms with Crippen LogP contribution >= 0.6 is 34.5 Å². The normalized spacial score (nSPS) is 11.6. The summed E-state index contributed by atoms with van der Waals surface area (Å²) >= 11 is 13.1. The molecule has 2 aromatic rings. The van der Waals surface area contributed by atoms with Crippen LogP contribution in [-0.4, -0.2) is 13.4 Å². The maximum atomic E-state index is 12.3. The summed E-state index contributed by atoms with van der Waals surface area (Å²) in [6.45, 7) is 1.87. The molecule has 5 nitrogen and oxygen atoms in total. The average Bonchev–Trinajstić information content (AvgIpc) is 2.76. The third kappa shape index (κ3) is 3.24. The minimum Gasteiger partial charge on any atom is -0.326 e. The summed E-state index contributed by atoms with van der Waals surface area (Å²) in [5.74, 6) is 0. The quantitative estimate of drug-likeness (QED) is 0.886. The number of benzene rings is 1. The van der Waals surface area contributed by atoms with Crippen molar-refractivity contribution in [3.05, 3.63) is 38.8 Å². The molecule has 20 heavy (non-hydrogen) atoms. The van der Waals surface area contributed by atoms with Crippen LogP contribution in [0.4, 0.5) is 5.13 Å². The van der Waals surface area contributed by atoms with Crippen molar-refractivity contribution in [2.45, 2.75) is 18.4 Å². The second-order valence-electron chi connectivity index (χ2n) is 3.98. The Morgan fingerprint density at radius 2 is 2.10 bits per heavy atom. The molecule has 108 valence electrons. The van der Waals surface area contributed by atoms with Gasteiger partial charge in [0, 0.05) is 16.9 Å². The van der Waals surface area contributed by atoms with Gasteiger partial charge in [0.05, 0.1) is 10.7 Å². The lowest BCUT2D eigenvalue weighted by atomic mass is 10.2. The summed E-state index contributed by atoms with van der Waals surface area (Å²) in [5.41, 5.74) is 6.72. The smallest absolute Gasteiger partial charge is 0.265 e. The molecule has 2 rings (SSSR count). The summed E-state index contributed by atoms with van der Waals surface area (Å²) in [4.78, 5) is 3.93. The molecule has 0 aliphatic heterocycles. The van der Waals surface area contributed by atoms with Crippen molar-refractivity contribution < 1.29 is 8.42 Å². The first kappa shape index (κ1) is 15.5. The second-order valence-corrected chi connectivity index (χ2v) is 7.30. The van der Waals surface area contributed by atoms with Crippen LogP contribution in [0.15, 0.2) is 22.4 Å². The Bertz CT molecular complexity index is 744. The lowest BCUT2D eigenvalue weighted by Crippen LogP contribution is -2.14. The molecule has 0 fully saturated rings. The number of thiazole rings is 1. The predicted molar refractivity (Wildman–Crippen MR) is 82.0 cm³/mol. The van der Waals surface area contributed by atoms with Crippen LogP contribution in [0.2, 0.25) is 10.0 Å². The van der Waals surface area contributed by atoms with E-state index in [0.29, 0.717) is 5.56 Å². The highest BCUT2D eigenvalue weighted by atomic mass is 35.5. The Balaban J connectivity index is 2.46. The number of hydrogen-bond donors (Lipinski definition) is 2. The van der Waals surface area contributed by atoms with Crippen molar-refractivity contribution in [1.82, 2.24) is 4.98 Å². The highest BCUT2D eigenvalue weighted by molar-refractivity contribution is 7.93. The molecule has 9 heteroatoms. The van der Waals surface area contributed by atoms with Crippen LogP contribution in [0.1, 0.15) is 11.3 Å². The summed E-state index contributed by atoms with van der Waals surface area (Å²) in [6, 6.07) is 2.82. The molecular formula is C11H11Cl2N3O2S2. The minimum atomic E-state index is -3.86. The predicted octanol–water partition coefficient (Wildman–Crippen LogP) is 3.02. The van der Waals surface area contributed by atoms with E-state index in [1.54, 1.807) is 12.3 Å². The van der Waals surface area contributed by atoms with Gasteiger partial charge in [0.25, 0.3) is 10.0 Å². The molecule has 0 radical (unpaired) electrons. The molecule has 0 saturated heterocycles. The van der Waals surface area contributed by atoms with Gasteiger partial charge in [-0.2, -0.15) is 0 Å². The molecule has 1 aromatic heterocycles. The molecule has 0 saturated carbocycles. The van der Waals surface area contributed by atoms with Gasteiger partial charge < -0.3 is 5.73 Å². The van der Waals surface area contributed by atoms with E-state index in [9.17, 15) is 8.42 Å². The van der Waals surface area contributed by atoms with E-state index in [4.69, 9.17) is 28.9 Å². The third-order valence-corrected chi connectivity index (χ3v) is 5.57. The summed E-state index contributed by atoms with van der Waals surface area (Å²) in [6.07, 6.45) is 0.